The lowest BCUT2D eigenvalue weighted by Crippen LogP contribution is -2.25. The number of hydrogen-bond donors (Lipinski definition) is 1. The fourth-order valence-corrected chi connectivity index (χ4v) is 2.55. The summed E-state index contributed by atoms with van der Waals surface area (Å²) in [4.78, 5) is 14.1. The highest BCUT2D eigenvalue weighted by atomic mass is 16.5. The van der Waals surface area contributed by atoms with Gasteiger partial charge in [-0.2, -0.15) is 4.80 Å². The number of nitrogens with one attached hydrogen (secondary N) is 1. The smallest absolute Gasteiger partial charge is 0.255 e. The van der Waals surface area contributed by atoms with Crippen molar-refractivity contribution in [2.75, 3.05) is 27.9 Å². The Labute approximate surface area is 243 Å². The van der Waals surface area contributed by atoms with Gasteiger partial charge in [0.2, 0.25) is 5.82 Å². The summed E-state index contributed by atoms with van der Waals surface area (Å²) in [5, 5.41) is 15.5. The molecule has 0 aliphatic carbocycles. The highest BCUT2D eigenvalue weighted by molar-refractivity contribution is 5.98. The van der Waals surface area contributed by atoms with Crippen molar-refractivity contribution in [3.8, 4) is 17.1 Å². The Morgan fingerprint density at radius 2 is 1.70 bits per heavy atom. The molecule has 1 aromatic carbocycles. The first-order valence-electron chi connectivity index (χ1n) is 13.7. The van der Waals surface area contributed by atoms with Crippen LogP contribution in [0, 0.1) is 0 Å². The Balaban J connectivity index is -0.00000121. The van der Waals surface area contributed by atoms with Gasteiger partial charge in [0.25, 0.3) is 5.91 Å². The minimum absolute atomic E-state index is 0.240. The van der Waals surface area contributed by atoms with E-state index in [4.69, 9.17) is 4.74 Å². The van der Waals surface area contributed by atoms with Crippen molar-refractivity contribution in [3.05, 3.63) is 85.0 Å². The third-order valence-electron chi connectivity index (χ3n) is 4.42. The molecular weight excluding hydrogens is 502 g/mol. The van der Waals surface area contributed by atoms with E-state index in [9.17, 15) is 4.79 Å². The van der Waals surface area contributed by atoms with Gasteiger partial charge in [-0.05, 0) is 48.8 Å². The molecule has 0 radical (unpaired) electrons. The van der Waals surface area contributed by atoms with Crippen molar-refractivity contribution in [3.63, 3.8) is 0 Å². The standard InChI is InChI=1S/C23H29N5O2.C3H6.C2H6O.2C2H6/c1-6-9-10-11-18(8-3)16-28-26-22(25-27-28)19-12-13-21(30-5)20(14-19)23(29)24-15-17(4)7-2;2*1-3-2;2*1-2/h8-14H,3-4,6-7,15-16H2,1-2,5H3,(H,24,29);3H,1H2,2H3;1-2H3;2*1-2H3/b10-9-,18-11+;;;;. The number of methoxy groups -OCH3 is 2. The molecule has 0 unspecified atom stereocenters. The van der Waals surface area contributed by atoms with Crippen LogP contribution in [0.1, 0.15) is 71.7 Å². The highest BCUT2D eigenvalue weighted by Gasteiger charge is 2.16. The molecule has 0 saturated carbocycles. The van der Waals surface area contributed by atoms with Crippen LogP contribution in [0.15, 0.2) is 79.5 Å². The Morgan fingerprint density at radius 1 is 1.10 bits per heavy atom. The predicted molar refractivity (Wildman–Crippen MR) is 171 cm³/mol. The third-order valence-corrected chi connectivity index (χ3v) is 4.42. The van der Waals surface area contributed by atoms with Crippen molar-refractivity contribution in [2.24, 2.45) is 0 Å². The van der Waals surface area contributed by atoms with Gasteiger partial charge in [0.15, 0.2) is 0 Å². The lowest BCUT2D eigenvalue weighted by Gasteiger charge is -2.11. The zero-order valence-corrected chi connectivity index (χ0v) is 26.6. The van der Waals surface area contributed by atoms with Crippen LogP contribution in [-0.4, -0.2) is 54.0 Å². The Kier molecular flexibility index (Phi) is 28.7. The van der Waals surface area contributed by atoms with E-state index in [-0.39, 0.29) is 5.91 Å². The molecule has 40 heavy (non-hydrogen) atoms. The Hall–Kier alpha value is -3.78. The molecule has 0 fully saturated rings. The SMILES string of the molecule is C=C/C(=C\C=C/CC)Cn1nnc(-c2ccc(OC)c(C(=O)NCC(=C)CC)c2)n1.C=CC.CC.CC.COC. The number of rotatable bonds is 11. The number of allylic oxidation sites excluding steroid dienone is 6. The molecule has 224 valence electrons. The molecule has 2 rings (SSSR count). The molecule has 0 bridgehead atoms. The molecule has 1 amide bonds. The van der Waals surface area contributed by atoms with Crippen LogP contribution < -0.4 is 10.1 Å². The second kappa shape index (κ2) is 28.2. The maximum absolute atomic E-state index is 12.6. The van der Waals surface area contributed by atoms with Crippen molar-refractivity contribution in [2.45, 2.75) is 67.9 Å². The van der Waals surface area contributed by atoms with Crippen molar-refractivity contribution in [1.29, 1.82) is 0 Å². The molecule has 1 heterocycles. The van der Waals surface area contributed by atoms with Gasteiger partial charge in [-0.25, -0.2) is 0 Å². The maximum atomic E-state index is 12.6. The van der Waals surface area contributed by atoms with Crippen LogP contribution in [-0.2, 0) is 11.3 Å². The van der Waals surface area contributed by atoms with Gasteiger partial charge >= 0.3 is 0 Å². The highest BCUT2D eigenvalue weighted by Crippen LogP contribution is 2.24. The van der Waals surface area contributed by atoms with E-state index >= 15 is 0 Å². The number of benzene rings is 1. The topological polar surface area (TPSA) is 91.2 Å². The van der Waals surface area contributed by atoms with Crippen LogP contribution >= 0.6 is 0 Å². The molecule has 0 saturated heterocycles. The van der Waals surface area contributed by atoms with Crippen LogP contribution in [0.5, 0.6) is 5.75 Å². The Morgan fingerprint density at radius 3 is 2.20 bits per heavy atom. The molecule has 8 nitrogen and oxygen atoms in total. The second-order valence-corrected chi connectivity index (χ2v) is 7.44. The second-order valence-electron chi connectivity index (χ2n) is 7.44. The van der Waals surface area contributed by atoms with Gasteiger partial charge in [0.1, 0.15) is 5.75 Å². The molecule has 1 N–H and O–H groups in total. The molecule has 2 aromatic rings. The van der Waals surface area contributed by atoms with E-state index < -0.39 is 0 Å². The van der Waals surface area contributed by atoms with E-state index in [1.807, 2.05) is 53.7 Å². The lowest BCUT2D eigenvalue weighted by atomic mass is 10.1. The summed E-state index contributed by atoms with van der Waals surface area (Å²) >= 11 is 0. The summed E-state index contributed by atoms with van der Waals surface area (Å²) in [6.45, 7) is 25.9. The van der Waals surface area contributed by atoms with E-state index in [0.717, 1.165) is 24.0 Å². The van der Waals surface area contributed by atoms with Crippen LogP contribution in [0.4, 0.5) is 0 Å². The predicted octanol–water partition coefficient (Wildman–Crippen LogP) is 7.63. The zero-order valence-electron chi connectivity index (χ0n) is 26.6. The quantitative estimate of drug-likeness (QED) is 0.226. The number of nitrogens with zero attached hydrogens (tertiary/aromatic N) is 4. The summed E-state index contributed by atoms with van der Waals surface area (Å²) < 4.78 is 9.59. The van der Waals surface area contributed by atoms with Gasteiger partial charge in [-0.15, -0.1) is 16.8 Å². The maximum Gasteiger partial charge on any atom is 0.255 e. The van der Waals surface area contributed by atoms with Crippen LogP contribution in [0.3, 0.4) is 0 Å². The van der Waals surface area contributed by atoms with Crippen molar-refractivity contribution >= 4 is 5.91 Å². The molecule has 0 atom stereocenters. The summed E-state index contributed by atoms with van der Waals surface area (Å²) in [6.07, 6.45) is 11.3. The van der Waals surface area contributed by atoms with Crippen molar-refractivity contribution in [1.82, 2.24) is 25.5 Å². The normalized spacial score (nSPS) is 9.70. The average Bonchev–Trinajstić information content (AvgIpc) is 3.46. The zero-order chi connectivity index (χ0) is 31.3. The first-order valence-corrected chi connectivity index (χ1v) is 13.7. The lowest BCUT2D eigenvalue weighted by molar-refractivity contribution is 0.0954. The van der Waals surface area contributed by atoms with E-state index in [0.29, 0.717) is 35.8 Å². The molecule has 0 aliphatic heterocycles. The third kappa shape index (κ3) is 17.7. The first kappa shape index (κ1) is 40.7. The summed E-state index contributed by atoms with van der Waals surface area (Å²) in [6, 6.07) is 5.23. The molecule has 8 heteroatoms. The minimum Gasteiger partial charge on any atom is -0.496 e. The summed E-state index contributed by atoms with van der Waals surface area (Å²) in [5.74, 6) is 0.665. The van der Waals surface area contributed by atoms with E-state index in [1.54, 1.807) is 44.6 Å². The van der Waals surface area contributed by atoms with Gasteiger partial charge in [-0.3, -0.25) is 4.79 Å². The number of hydrogen-bond acceptors (Lipinski definition) is 6. The van der Waals surface area contributed by atoms with Gasteiger partial charge < -0.3 is 14.8 Å². The number of aromatic nitrogens is 4. The van der Waals surface area contributed by atoms with E-state index in [1.165, 1.54) is 11.9 Å². The number of carbonyl (C=O) groups is 1. The fraction of sp³-hybridized carbons (Fsp3) is 0.438. The monoisotopic (exact) mass is 555 g/mol. The van der Waals surface area contributed by atoms with Gasteiger partial charge in [0, 0.05) is 26.3 Å². The number of amides is 1. The number of ether oxygens (including phenoxy) is 2. The van der Waals surface area contributed by atoms with Gasteiger partial charge in [-0.1, -0.05) is 90.7 Å². The fourth-order valence-electron chi connectivity index (χ4n) is 2.55. The summed E-state index contributed by atoms with van der Waals surface area (Å²) in [5.41, 5.74) is 3.00. The first-order chi connectivity index (χ1) is 19.3. The van der Waals surface area contributed by atoms with E-state index in [2.05, 4.69) is 58.2 Å². The van der Waals surface area contributed by atoms with Gasteiger partial charge in [0.05, 0.1) is 19.2 Å². The molecular formula is C32H53N5O3. The Bertz CT molecular complexity index is 1020. The summed E-state index contributed by atoms with van der Waals surface area (Å²) in [7, 11) is 4.78. The number of tetrazole rings is 1. The molecule has 0 aliphatic rings. The average molecular weight is 556 g/mol. The molecule has 1 aromatic heterocycles. The van der Waals surface area contributed by atoms with Crippen LogP contribution in [0.2, 0.25) is 0 Å². The van der Waals surface area contributed by atoms with Crippen molar-refractivity contribution < 1.29 is 14.3 Å². The number of carbonyl (C=O) groups excluding carboxylic acids is 1. The van der Waals surface area contributed by atoms with Crippen LogP contribution in [0.25, 0.3) is 11.4 Å². The molecule has 0 spiro atoms. The largest absolute Gasteiger partial charge is 0.496 e. The minimum atomic E-state index is -0.240.